The number of carbonyl (C=O) groups excluding carboxylic acids is 2. The molecule has 3 heterocycles. The van der Waals surface area contributed by atoms with Gasteiger partial charge in [-0.3, -0.25) is 14.6 Å². The summed E-state index contributed by atoms with van der Waals surface area (Å²) in [6, 6.07) is 5.54. The number of hydrogen-bond donors (Lipinski definition) is 4. The zero-order valence-electron chi connectivity index (χ0n) is 22.7. The van der Waals surface area contributed by atoms with Crippen molar-refractivity contribution in [3.63, 3.8) is 0 Å². The van der Waals surface area contributed by atoms with Crippen LogP contribution in [0.25, 0.3) is 0 Å². The van der Waals surface area contributed by atoms with E-state index in [1.54, 1.807) is 23.1 Å². The lowest BCUT2D eigenvalue weighted by atomic mass is 10.0. The molecule has 0 radical (unpaired) electrons. The highest BCUT2D eigenvalue weighted by Gasteiger charge is 2.26. The van der Waals surface area contributed by atoms with Crippen LogP contribution in [-0.4, -0.2) is 97.2 Å². The highest BCUT2D eigenvalue weighted by molar-refractivity contribution is 6.05. The highest BCUT2D eigenvalue weighted by atomic mass is 16.5. The van der Waals surface area contributed by atoms with Crippen LogP contribution < -0.4 is 27.3 Å². The van der Waals surface area contributed by atoms with E-state index in [1.165, 1.54) is 0 Å². The van der Waals surface area contributed by atoms with Crippen LogP contribution in [0.15, 0.2) is 40.1 Å². The molecule has 0 bridgehead atoms. The van der Waals surface area contributed by atoms with Gasteiger partial charge in [-0.05, 0) is 69.8 Å². The van der Waals surface area contributed by atoms with Gasteiger partial charge < -0.3 is 42.0 Å². The third-order valence-corrected chi connectivity index (χ3v) is 7.45. The van der Waals surface area contributed by atoms with Crippen LogP contribution >= 0.6 is 0 Å². The molecule has 2 fully saturated rings. The second-order valence-electron chi connectivity index (χ2n) is 10.4. The number of amides is 2. The van der Waals surface area contributed by atoms with Gasteiger partial charge in [-0.25, -0.2) is 4.99 Å². The number of fused-ring (bicyclic) bond motifs is 1. The monoisotopic (exact) mass is 539 g/mol. The van der Waals surface area contributed by atoms with E-state index in [1.807, 2.05) is 13.2 Å². The average Bonchev–Trinajstić information content (AvgIpc) is 3.16. The van der Waals surface area contributed by atoms with Crippen molar-refractivity contribution in [1.29, 1.82) is 0 Å². The Labute approximate surface area is 229 Å². The predicted octanol–water partition coefficient (Wildman–Crippen LogP) is 0.710. The predicted molar refractivity (Wildman–Crippen MR) is 152 cm³/mol. The molecule has 2 atom stereocenters. The number of nitrogens with one attached hydrogen (secondary N) is 1. The molecule has 1 aromatic carbocycles. The van der Waals surface area contributed by atoms with E-state index in [4.69, 9.17) is 21.9 Å². The highest BCUT2D eigenvalue weighted by Crippen LogP contribution is 2.35. The van der Waals surface area contributed by atoms with Gasteiger partial charge in [0, 0.05) is 57.1 Å². The molecule has 12 heteroatoms. The molecule has 0 aromatic heterocycles. The lowest BCUT2D eigenvalue weighted by Gasteiger charge is -2.31. The Hall–Kier alpha value is -3.64. The third-order valence-electron chi connectivity index (χ3n) is 7.45. The van der Waals surface area contributed by atoms with E-state index in [9.17, 15) is 9.59 Å². The number of benzene rings is 1. The van der Waals surface area contributed by atoms with Gasteiger partial charge in [0.1, 0.15) is 5.69 Å². The summed E-state index contributed by atoms with van der Waals surface area (Å²) in [5, 5.41) is 2.66. The zero-order valence-corrected chi connectivity index (χ0v) is 22.7. The molecule has 0 saturated carbocycles. The molecule has 212 valence electrons. The first-order valence-electron chi connectivity index (χ1n) is 13.7. The Morgan fingerprint density at radius 2 is 2.05 bits per heavy atom. The molecule has 12 nitrogen and oxygen atoms in total. The van der Waals surface area contributed by atoms with Crippen molar-refractivity contribution in [2.75, 3.05) is 46.3 Å². The minimum atomic E-state index is -0.0761. The second kappa shape index (κ2) is 13.4. The van der Waals surface area contributed by atoms with Crippen molar-refractivity contribution in [3.8, 4) is 5.75 Å². The summed E-state index contributed by atoms with van der Waals surface area (Å²) >= 11 is 0. The Bertz CT molecular complexity index is 1120. The number of aliphatic imine (C=N–C) groups is 2. The summed E-state index contributed by atoms with van der Waals surface area (Å²) in [4.78, 5) is 39.5. The van der Waals surface area contributed by atoms with Gasteiger partial charge in [0.15, 0.2) is 23.3 Å². The summed E-state index contributed by atoms with van der Waals surface area (Å²) in [5.41, 5.74) is 17.9. The molecule has 1 unspecified atom stereocenters. The van der Waals surface area contributed by atoms with Crippen molar-refractivity contribution in [2.24, 2.45) is 27.2 Å². The number of piperidine rings is 1. The molecule has 3 aliphatic rings. The molecule has 0 spiro atoms. The summed E-state index contributed by atoms with van der Waals surface area (Å²) in [7, 11) is 2.02. The van der Waals surface area contributed by atoms with Gasteiger partial charge >= 0.3 is 0 Å². The molecule has 7 N–H and O–H groups in total. The standard InChI is InChI=1S/C27H41N9O3/c1-34(21-6-3-11-35(14-9-21)12-4-10-31-27(29)30)17-24-25(32-18-37)33-22-15-19(7-8-23(22)39-24)26(38)36-13-2-5-20(28)16-36/h7-8,15,17-18,20-21H,2-6,9-14,16,28H2,1H3,(H4,29,30,31)(H,32,33,37)/b24-17+/t20-,21?/m0/s1. The topological polar surface area (TPSA) is 168 Å². The number of nitrogens with two attached hydrogens (primary N) is 3. The fourth-order valence-electron chi connectivity index (χ4n) is 5.35. The van der Waals surface area contributed by atoms with Crippen molar-refractivity contribution in [3.05, 3.63) is 35.7 Å². The fraction of sp³-hybridized carbons (Fsp3) is 0.556. The Morgan fingerprint density at radius 3 is 2.82 bits per heavy atom. The largest absolute Gasteiger partial charge is 0.450 e. The molecule has 2 saturated heterocycles. The zero-order chi connectivity index (χ0) is 27.8. The van der Waals surface area contributed by atoms with Crippen LogP contribution in [0.5, 0.6) is 5.75 Å². The maximum atomic E-state index is 13.0. The quantitative estimate of drug-likeness (QED) is 0.162. The number of guanidine groups is 1. The number of carbonyl (C=O) groups is 2. The van der Waals surface area contributed by atoms with Crippen LogP contribution in [0, 0.1) is 0 Å². The van der Waals surface area contributed by atoms with E-state index < -0.39 is 0 Å². The van der Waals surface area contributed by atoms with Crippen molar-refractivity contribution < 1.29 is 14.3 Å². The number of nitrogens with zero attached hydrogens (tertiary/aromatic N) is 5. The SMILES string of the molecule is CN(/C=C1/Oc2ccc(C(=O)N3CCC[C@H](N)C3)cc2N=C1NC=O)C1CCCN(CCCN=C(N)N)CC1. The smallest absolute Gasteiger partial charge is 0.253 e. The van der Waals surface area contributed by atoms with Gasteiger partial charge in [-0.2, -0.15) is 0 Å². The second-order valence-corrected chi connectivity index (χ2v) is 10.4. The van der Waals surface area contributed by atoms with E-state index in [0.29, 0.717) is 60.7 Å². The Balaban J connectivity index is 1.42. The molecule has 39 heavy (non-hydrogen) atoms. The van der Waals surface area contributed by atoms with Gasteiger partial charge in [0.25, 0.3) is 5.91 Å². The van der Waals surface area contributed by atoms with Gasteiger partial charge in [0.2, 0.25) is 6.41 Å². The van der Waals surface area contributed by atoms with Crippen LogP contribution in [-0.2, 0) is 4.79 Å². The fourth-order valence-corrected chi connectivity index (χ4v) is 5.35. The van der Waals surface area contributed by atoms with Crippen LogP contribution in [0.2, 0.25) is 0 Å². The molecular weight excluding hydrogens is 498 g/mol. The molecule has 1 aromatic rings. The number of ether oxygens (including phenoxy) is 1. The Kier molecular flexibility index (Phi) is 9.77. The summed E-state index contributed by atoms with van der Waals surface area (Å²) in [5.74, 6) is 1.36. The van der Waals surface area contributed by atoms with Gasteiger partial charge in [0.05, 0.1) is 0 Å². The van der Waals surface area contributed by atoms with E-state index in [-0.39, 0.29) is 17.9 Å². The number of likely N-dealkylation sites (tertiary alicyclic amines) is 2. The number of amidine groups is 1. The van der Waals surface area contributed by atoms with Crippen LogP contribution in [0.3, 0.4) is 0 Å². The van der Waals surface area contributed by atoms with E-state index >= 15 is 0 Å². The first-order valence-corrected chi connectivity index (χ1v) is 13.7. The van der Waals surface area contributed by atoms with Crippen LogP contribution in [0.4, 0.5) is 5.69 Å². The minimum Gasteiger partial charge on any atom is -0.450 e. The maximum Gasteiger partial charge on any atom is 0.253 e. The first-order chi connectivity index (χ1) is 18.8. The van der Waals surface area contributed by atoms with Crippen molar-refractivity contribution in [2.45, 2.75) is 50.6 Å². The maximum absolute atomic E-state index is 13.0. The van der Waals surface area contributed by atoms with Crippen molar-refractivity contribution >= 4 is 29.8 Å². The van der Waals surface area contributed by atoms with Crippen molar-refractivity contribution in [1.82, 2.24) is 20.0 Å². The molecule has 2 amide bonds. The first kappa shape index (κ1) is 28.4. The average molecular weight is 540 g/mol. The van der Waals surface area contributed by atoms with Gasteiger partial charge in [-0.15, -0.1) is 0 Å². The van der Waals surface area contributed by atoms with E-state index in [2.05, 4.69) is 25.1 Å². The lowest BCUT2D eigenvalue weighted by Crippen LogP contribution is -2.45. The summed E-state index contributed by atoms with van der Waals surface area (Å²) < 4.78 is 6.17. The molecule has 3 aliphatic heterocycles. The Morgan fingerprint density at radius 1 is 1.23 bits per heavy atom. The molecule has 4 rings (SSSR count). The van der Waals surface area contributed by atoms with Crippen LogP contribution in [0.1, 0.15) is 48.9 Å². The summed E-state index contributed by atoms with van der Waals surface area (Å²) in [6.45, 7) is 4.86. The minimum absolute atomic E-state index is 0.00205. The summed E-state index contributed by atoms with van der Waals surface area (Å²) in [6.07, 6.45) is 8.34. The molecular formula is C27H41N9O3. The molecule has 0 aliphatic carbocycles. The van der Waals surface area contributed by atoms with E-state index in [0.717, 1.165) is 58.2 Å². The number of rotatable bonds is 8. The lowest BCUT2D eigenvalue weighted by molar-refractivity contribution is -0.108. The normalized spacial score (nSPS) is 22.7. The number of hydrogen-bond acceptors (Lipinski definition) is 8. The van der Waals surface area contributed by atoms with Gasteiger partial charge in [-0.1, -0.05) is 0 Å². The third kappa shape index (κ3) is 7.70.